The van der Waals surface area contributed by atoms with Crippen LogP contribution in [-0.2, 0) is 0 Å². The second-order valence-corrected chi connectivity index (χ2v) is 13.0. The highest BCUT2D eigenvalue weighted by atomic mass is 16.3. The summed E-state index contributed by atoms with van der Waals surface area (Å²) in [5.41, 5.74) is 2.44. The van der Waals surface area contributed by atoms with Crippen molar-refractivity contribution in [3.63, 3.8) is 0 Å². The Morgan fingerprint density at radius 2 is 0.946 bits per heavy atom. The van der Waals surface area contributed by atoms with Gasteiger partial charge in [-0.15, -0.1) is 0 Å². The van der Waals surface area contributed by atoms with Gasteiger partial charge in [0.1, 0.15) is 22.3 Å². The molecule has 3 heterocycles. The first-order valence-corrected chi connectivity index (χ1v) is 17.6. The van der Waals surface area contributed by atoms with Gasteiger partial charge < -0.3 is 8.83 Å². The molecule has 0 fully saturated rings. The van der Waals surface area contributed by atoms with Crippen molar-refractivity contribution >= 4 is 43.9 Å². The molecule has 56 heavy (non-hydrogen) atoms. The summed E-state index contributed by atoms with van der Waals surface area (Å²) in [5, 5.41) is -0.970. The molecule has 0 saturated carbocycles. The van der Waals surface area contributed by atoms with Gasteiger partial charge in [0, 0.05) is 38.2 Å². The number of hydrogen-bond donors (Lipinski definition) is 0. The van der Waals surface area contributed by atoms with Crippen molar-refractivity contribution in [2.75, 3.05) is 0 Å². The van der Waals surface area contributed by atoms with Gasteiger partial charge >= 0.3 is 0 Å². The lowest BCUT2D eigenvalue weighted by atomic mass is 9.97. The zero-order valence-electron chi connectivity index (χ0n) is 42.1. The number of para-hydroxylation sites is 1. The number of aromatic nitrogens is 3. The molecule has 0 bridgehead atoms. The first kappa shape index (κ1) is 21.3. The minimum absolute atomic E-state index is 0.144. The summed E-state index contributed by atoms with van der Waals surface area (Å²) in [6, 6.07) is 26.8. The molecule has 11 rings (SSSR count). The molecule has 0 N–H and O–H groups in total. The lowest BCUT2D eigenvalue weighted by Gasteiger charge is -2.10. The topological polar surface area (TPSA) is 65.0 Å². The smallest absolute Gasteiger partial charge is 0.164 e. The van der Waals surface area contributed by atoms with E-state index in [4.69, 9.17) is 34.8 Å². The van der Waals surface area contributed by atoms with E-state index < -0.39 is 89.7 Å². The van der Waals surface area contributed by atoms with E-state index >= 15 is 0 Å². The van der Waals surface area contributed by atoms with E-state index in [1.165, 1.54) is 0 Å². The number of hydrogen-bond acceptors (Lipinski definition) is 5. The van der Waals surface area contributed by atoms with Crippen molar-refractivity contribution in [1.82, 2.24) is 15.0 Å². The third kappa shape index (κ3) is 5.53. The minimum atomic E-state index is -0.701. The molecule has 262 valence electrons. The van der Waals surface area contributed by atoms with E-state index in [0.29, 0.717) is 11.1 Å². The summed E-state index contributed by atoms with van der Waals surface area (Å²) in [4.78, 5) is 14.5. The Morgan fingerprint density at radius 1 is 0.357 bits per heavy atom. The number of nitrogens with zero attached hydrogens (tertiary/aromatic N) is 3. The van der Waals surface area contributed by atoms with Crippen LogP contribution in [-0.4, -0.2) is 15.0 Å². The molecule has 8 aromatic carbocycles. The van der Waals surface area contributed by atoms with Crippen molar-refractivity contribution < 1.29 is 26.7 Å². The van der Waals surface area contributed by atoms with Gasteiger partial charge in [-0.05, 0) is 75.7 Å². The fourth-order valence-electron chi connectivity index (χ4n) is 6.83. The van der Waals surface area contributed by atoms with Gasteiger partial charge in [-0.2, -0.15) is 0 Å². The van der Waals surface area contributed by atoms with E-state index in [9.17, 15) is 6.85 Å². The van der Waals surface area contributed by atoms with Gasteiger partial charge in [-0.1, -0.05) is 145 Å². The predicted molar refractivity (Wildman–Crippen MR) is 227 cm³/mol. The molecule has 11 aromatic rings. The fourth-order valence-corrected chi connectivity index (χ4v) is 6.83. The number of rotatable bonds is 6. The van der Waals surface area contributed by atoms with Gasteiger partial charge in [0.15, 0.2) is 17.5 Å². The lowest BCUT2D eigenvalue weighted by Crippen LogP contribution is -2.00. The third-order valence-corrected chi connectivity index (χ3v) is 9.55. The molecule has 0 amide bonds. The normalized spacial score (nSPS) is 14.8. The molecule has 0 spiro atoms. The van der Waals surface area contributed by atoms with Crippen molar-refractivity contribution in [3.8, 4) is 67.5 Å². The van der Waals surface area contributed by atoms with Crippen LogP contribution in [0.15, 0.2) is 197 Å². The van der Waals surface area contributed by atoms with Crippen LogP contribution in [0.5, 0.6) is 0 Å². The molecular formula is C51H31N3O2. The van der Waals surface area contributed by atoms with E-state index in [0.717, 1.165) is 22.3 Å². The standard InChI is InChI=1S/C51H31N3O2/c1-3-11-32(12-4-1)34-21-23-35(24-22-34)49-52-50(38-16-9-15-36(29-38)33-13-5-2-6-14-33)54-51(53-49)39-25-27-42-47(31-39)56-46-20-10-18-40(48(42)46)37-26-28-45-43(30-37)41-17-7-8-19-44(41)55-45/h1-31H/i7D,8D,10D,17D,18D,19D,20D,25D,26D,27D,28D,30D,31D. The van der Waals surface area contributed by atoms with E-state index in [1.807, 2.05) is 109 Å². The number of benzene rings is 8. The highest BCUT2D eigenvalue weighted by molar-refractivity contribution is 6.14. The maximum atomic E-state index is 9.66. The number of furan rings is 2. The quantitative estimate of drug-likeness (QED) is 0.170. The Morgan fingerprint density at radius 3 is 1.75 bits per heavy atom. The van der Waals surface area contributed by atoms with Crippen molar-refractivity contribution in [2.45, 2.75) is 0 Å². The predicted octanol–water partition coefficient (Wildman–Crippen LogP) is 13.7. The summed E-state index contributed by atoms with van der Waals surface area (Å²) in [6.45, 7) is 0. The largest absolute Gasteiger partial charge is 0.456 e. The first-order chi connectivity index (χ1) is 33.2. The van der Waals surface area contributed by atoms with Crippen LogP contribution in [0.3, 0.4) is 0 Å². The Labute approximate surface area is 340 Å². The van der Waals surface area contributed by atoms with Crippen LogP contribution in [0.2, 0.25) is 0 Å². The molecule has 0 saturated heterocycles. The average Bonchev–Trinajstić information content (AvgIpc) is 3.99. The molecule has 3 aromatic heterocycles. The minimum Gasteiger partial charge on any atom is -0.456 e. The molecular weight excluding hydrogens is 687 g/mol. The van der Waals surface area contributed by atoms with E-state index in [2.05, 4.69) is 0 Å². The SMILES string of the molecule is [2H]c1c([2H])c([2H])c2c(oc3c([2H])c([2H])c(-c4c([2H])c([2H])c([2H])c5oc6c([2H])c(-c7nc(-c8ccc(-c9ccccc9)cc8)nc(-c8cccc(-c9ccccc9)c8)n7)c([2H])c([2H])c6c45)c([2H])c32)c1[2H]. The Kier molecular flexibility index (Phi) is 4.96. The molecule has 5 heteroatoms. The monoisotopic (exact) mass is 730 g/mol. The summed E-state index contributed by atoms with van der Waals surface area (Å²) < 4.78 is 129. The molecule has 0 unspecified atom stereocenters. The average molecular weight is 731 g/mol. The zero-order valence-corrected chi connectivity index (χ0v) is 29.1. The Hall–Kier alpha value is -7.63. The van der Waals surface area contributed by atoms with Crippen molar-refractivity contribution in [2.24, 2.45) is 0 Å². The van der Waals surface area contributed by atoms with Gasteiger partial charge in [0.05, 0.1) is 17.8 Å². The highest BCUT2D eigenvalue weighted by Crippen LogP contribution is 2.40. The van der Waals surface area contributed by atoms with E-state index in [1.54, 1.807) is 0 Å². The van der Waals surface area contributed by atoms with Crippen LogP contribution in [0.4, 0.5) is 0 Å². The lowest BCUT2D eigenvalue weighted by molar-refractivity contribution is 0.669. The highest BCUT2D eigenvalue weighted by Gasteiger charge is 2.18. The summed E-state index contributed by atoms with van der Waals surface area (Å²) >= 11 is 0. The maximum absolute atomic E-state index is 9.66. The van der Waals surface area contributed by atoms with Crippen LogP contribution in [0.1, 0.15) is 17.8 Å². The summed E-state index contributed by atoms with van der Waals surface area (Å²) in [7, 11) is 0. The van der Waals surface area contributed by atoms with Crippen molar-refractivity contribution in [3.05, 3.63) is 188 Å². The first-order valence-electron chi connectivity index (χ1n) is 24.1. The second-order valence-electron chi connectivity index (χ2n) is 13.0. The van der Waals surface area contributed by atoms with Crippen LogP contribution in [0, 0.1) is 0 Å². The van der Waals surface area contributed by atoms with Crippen LogP contribution < -0.4 is 0 Å². The van der Waals surface area contributed by atoms with Crippen LogP contribution >= 0.6 is 0 Å². The zero-order chi connectivity index (χ0) is 48.3. The molecule has 0 atom stereocenters. The maximum Gasteiger partial charge on any atom is 0.164 e. The molecule has 0 aliphatic carbocycles. The summed E-state index contributed by atoms with van der Waals surface area (Å²) in [6.07, 6.45) is 0. The number of fused-ring (bicyclic) bond motifs is 6. The second kappa shape index (κ2) is 13.0. The summed E-state index contributed by atoms with van der Waals surface area (Å²) in [5.74, 6) is 0.259. The van der Waals surface area contributed by atoms with Gasteiger partial charge in [-0.25, -0.2) is 15.0 Å². The van der Waals surface area contributed by atoms with E-state index in [-0.39, 0.29) is 66.9 Å². The van der Waals surface area contributed by atoms with Crippen molar-refractivity contribution in [1.29, 1.82) is 0 Å². The molecule has 5 nitrogen and oxygen atoms in total. The van der Waals surface area contributed by atoms with Gasteiger partial charge in [0.2, 0.25) is 0 Å². The van der Waals surface area contributed by atoms with Gasteiger partial charge in [0.25, 0.3) is 0 Å². The fraction of sp³-hybridized carbons (Fsp3) is 0. The molecule has 0 radical (unpaired) electrons. The Balaban J connectivity index is 1.17. The Bertz CT molecular complexity index is 3990. The molecule has 0 aliphatic heterocycles. The molecule has 0 aliphatic rings. The van der Waals surface area contributed by atoms with Crippen LogP contribution in [0.25, 0.3) is 111 Å². The van der Waals surface area contributed by atoms with Gasteiger partial charge in [-0.3, -0.25) is 0 Å². The third-order valence-electron chi connectivity index (χ3n) is 9.55.